The smallest absolute Gasteiger partial charge is 0.331 e. The normalized spacial score (nSPS) is 19.1. The zero-order chi connectivity index (χ0) is 21.1. The van der Waals surface area contributed by atoms with Crippen LogP contribution in [0.5, 0.6) is 5.75 Å². The first-order valence-corrected chi connectivity index (χ1v) is 9.09. The van der Waals surface area contributed by atoms with Crippen LogP contribution in [0, 0.1) is 5.92 Å². The highest BCUT2D eigenvalue weighted by Gasteiger charge is 2.41. The molecule has 1 heterocycles. The van der Waals surface area contributed by atoms with Gasteiger partial charge in [0.05, 0.1) is 20.1 Å². The Bertz CT molecular complexity index is 725. The van der Waals surface area contributed by atoms with Crippen molar-refractivity contribution in [2.45, 2.75) is 44.9 Å². The fraction of sp³-hybridized carbons (Fsp3) is 0.550. The summed E-state index contributed by atoms with van der Waals surface area (Å²) in [7, 11) is 2.70. The third kappa shape index (κ3) is 4.81. The van der Waals surface area contributed by atoms with Crippen molar-refractivity contribution in [1.82, 2.24) is 10.2 Å². The van der Waals surface area contributed by atoms with Gasteiger partial charge in [0.1, 0.15) is 11.9 Å². The highest BCUT2D eigenvalue weighted by atomic mass is 16.5. The standard InChI is InChI=1S/C20H28N2O6/c1-20(2,3)22-11-13(10-15(22)23)18(25)21-16(19(26)28-5)17(24)12-6-8-14(27-4)9-7-12/h6-9,13,16-17,24H,10-11H2,1-5H3,(H,21,25). The first kappa shape index (κ1) is 21.7. The molecule has 154 valence electrons. The third-order valence-corrected chi connectivity index (χ3v) is 4.83. The second-order valence-electron chi connectivity index (χ2n) is 7.80. The molecule has 0 aromatic heterocycles. The van der Waals surface area contributed by atoms with E-state index >= 15 is 0 Å². The van der Waals surface area contributed by atoms with E-state index in [1.54, 1.807) is 29.2 Å². The van der Waals surface area contributed by atoms with E-state index in [0.717, 1.165) is 0 Å². The van der Waals surface area contributed by atoms with E-state index in [2.05, 4.69) is 5.32 Å². The molecule has 1 aliphatic rings. The van der Waals surface area contributed by atoms with Crippen LogP contribution in [0.4, 0.5) is 0 Å². The number of hydrogen-bond donors (Lipinski definition) is 2. The lowest BCUT2D eigenvalue weighted by atomic mass is 10.0. The Morgan fingerprint density at radius 3 is 2.29 bits per heavy atom. The fourth-order valence-electron chi connectivity index (χ4n) is 3.19. The number of amides is 2. The molecule has 2 amide bonds. The maximum Gasteiger partial charge on any atom is 0.331 e. The van der Waals surface area contributed by atoms with Crippen molar-refractivity contribution in [3.05, 3.63) is 29.8 Å². The van der Waals surface area contributed by atoms with E-state index < -0.39 is 35.5 Å². The number of carbonyl (C=O) groups excluding carboxylic acids is 3. The Hall–Kier alpha value is -2.61. The summed E-state index contributed by atoms with van der Waals surface area (Å²) in [6, 6.07) is 5.21. The summed E-state index contributed by atoms with van der Waals surface area (Å²) in [5, 5.41) is 13.2. The number of aliphatic hydroxyl groups is 1. The van der Waals surface area contributed by atoms with Gasteiger partial charge in [0.15, 0.2) is 6.04 Å². The lowest BCUT2D eigenvalue weighted by Gasteiger charge is -2.32. The van der Waals surface area contributed by atoms with Crippen molar-refractivity contribution in [2.75, 3.05) is 20.8 Å². The SMILES string of the molecule is COC(=O)C(NC(=O)C1CC(=O)N(C(C)(C)C)C1)C(O)c1ccc(OC)cc1. The molecule has 8 nitrogen and oxygen atoms in total. The molecule has 1 aliphatic heterocycles. The van der Waals surface area contributed by atoms with Crippen LogP contribution in [0.15, 0.2) is 24.3 Å². The van der Waals surface area contributed by atoms with Crippen LogP contribution >= 0.6 is 0 Å². The van der Waals surface area contributed by atoms with Crippen molar-refractivity contribution >= 4 is 17.8 Å². The molecule has 1 aromatic rings. The van der Waals surface area contributed by atoms with Crippen LogP contribution in [0.1, 0.15) is 38.9 Å². The van der Waals surface area contributed by atoms with Crippen molar-refractivity contribution in [3.63, 3.8) is 0 Å². The number of methoxy groups -OCH3 is 2. The highest BCUT2D eigenvalue weighted by molar-refractivity contribution is 5.92. The van der Waals surface area contributed by atoms with Gasteiger partial charge in [0.2, 0.25) is 11.8 Å². The van der Waals surface area contributed by atoms with E-state index in [0.29, 0.717) is 11.3 Å². The minimum absolute atomic E-state index is 0.0651. The van der Waals surface area contributed by atoms with Crippen molar-refractivity contribution < 1.29 is 29.0 Å². The molecule has 28 heavy (non-hydrogen) atoms. The molecule has 2 N–H and O–H groups in total. The second kappa shape index (κ2) is 8.60. The Labute approximate surface area is 164 Å². The minimum atomic E-state index is -1.31. The average molecular weight is 392 g/mol. The quantitative estimate of drug-likeness (QED) is 0.701. The number of aliphatic hydroxyl groups excluding tert-OH is 1. The molecule has 3 unspecified atom stereocenters. The maximum atomic E-state index is 12.7. The Morgan fingerprint density at radius 1 is 1.21 bits per heavy atom. The van der Waals surface area contributed by atoms with Gasteiger partial charge in [0.25, 0.3) is 0 Å². The van der Waals surface area contributed by atoms with Crippen molar-refractivity contribution in [2.24, 2.45) is 5.92 Å². The van der Waals surface area contributed by atoms with E-state index in [4.69, 9.17) is 9.47 Å². The van der Waals surface area contributed by atoms with E-state index in [1.165, 1.54) is 14.2 Å². The van der Waals surface area contributed by atoms with Crippen LogP contribution in [0.3, 0.4) is 0 Å². The van der Waals surface area contributed by atoms with Gasteiger partial charge in [0, 0.05) is 18.5 Å². The van der Waals surface area contributed by atoms with Gasteiger partial charge in [-0.3, -0.25) is 9.59 Å². The summed E-state index contributed by atoms with van der Waals surface area (Å²) in [4.78, 5) is 38.8. The lowest BCUT2D eigenvalue weighted by Crippen LogP contribution is -2.48. The van der Waals surface area contributed by atoms with Crippen LogP contribution < -0.4 is 10.1 Å². The largest absolute Gasteiger partial charge is 0.497 e. The predicted octanol–water partition coefficient (Wildman–Crippen LogP) is 1.03. The van der Waals surface area contributed by atoms with Gasteiger partial charge in [-0.1, -0.05) is 12.1 Å². The van der Waals surface area contributed by atoms with Crippen LogP contribution in [0.25, 0.3) is 0 Å². The zero-order valence-corrected chi connectivity index (χ0v) is 16.9. The number of hydrogen-bond acceptors (Lipinski definition) is 6. The molecule has 0 bridgehead atoms. The Balaban J connectivity index is 2.14. The number of likely N-dealkylation sites (tertiary alicyclic amines) is 1. The van der Waals surface area contributed by atoms with E-state index in [1.807, 2.05) is 20.8 Å². The van der Waals surface area contributed by atoms with Crippen LogP contribution in [-0.4, -0.2) is 60.1 Å². The summed E-state index contributed by atoms with van der Waals surface area (Å²) >= 11 is 0. The molecular weight excluding hydrogens is 364 g/mol. The first-order chi connectivity index (χ1) is 13.1. The molecule has 0 spiro atoms. The van der Waals surface area contributed by atoms with Gasteiger partial charge in [-0.25, -0.2) is 4.79 Å². The molecular formula is C20H28N2O6. The molecule has 1 saturated heterocycles. The molecule has 2 rings (SSSR count). The summed E-state index contributed by atoms with van der Waals surface area (Å²) in [6.07, 6.45) is -1.24. The number of benzene rings is 1. The maximum absolute atomic E-state index is 12.7. The van der Waals surface area contributed by atoms with Gasteiger partial charge in [-0.15, -0.1) is 0 Å². The number of nitrogens with one attached hydrogen (secondary N) is 1. The summed E-state index contributed by atoms with van der Waals surface area (Å²) < 4.78 is 9.82. The van der Waals surface area contributed by atoms with Gasteiger partial charge < -0.3 is 24.8 Å². The summed E-state index contributed by atoms with van der Waals surface area (Å²) in [6.45, 7) is 5.96. The molecule has 0 saturated carbocycles. The fourth-order valence-corrected chi connectivity index (χ4v) is 3.19. The van der Waals surface area contributed by atoms with E-state index in [-0.39, 0.29) is 18.9 Å². The van der Waals surface area contributed by atoms with E-state index in [9.17, 15) is 19.5 Å². The third-order valence-electron chi connectivity index (χ3n) is 4.83. The molecule has 3 atom stereocenters. The van der Waals surface area contributed by atoms with Gasteiger partial charge >= 0.3 is 5.97 Å². The zero-order valence-electron chi connectivity index (χ0n) is 16.9. The topological polar surface area (TPSA) is 105 Å². The number of esters is 1. The Morgan fingerprint density at radius 2 is 1.82 bits per heavy atom. The van der Waals surface area contributed by atoms with Gasteiger partial charge in [-0.05, 0) is 38.5 Å². The van der Waals surface area contributed by atoms with Crippen molar-refractivity contribution in [1.29, 1.82) is 0 Å². The number of nitrogens with zero attached hydrogens (tertiary/aromatic N) is 1. The molecule has 1 fully saturated rings. The first-order valence-electron chi connectivity index (χ1n) is 9.09. The number of carbonyl (C=O) groups is 3. The monoisotopic (exact) mass is 392 g/mol. The molecule has 0 aliphatic carbocycles. The second-order valence-corrected chi connectivity index (χ2v) is 7.80. The summed E-state index contributed by atoms with van der Waals surface area (Å²) in [5.74, 6) is -1.35. The molecule has 8 heteroatoms. The number of rotatable bonds is 6. The van der Waals surface area contributed by atoms with Crippen LogP contribution in [-0.2, 0) is 19.1 Å². The lowest BCUT2D eigenvalue weighted by molar-refractivity contribution is -0.149. The predicted molar refractivity (Wildman–Crippen MR) is 101 cm³/mol. The number of ether oxygens (including phenoxy) is 2. The highest BCUT2D eigenvalue weighted by Crippen LogP contribution is 2.27. The Kier molecular flexibility index (Phi) is 6.66. The minimum Gasteiger partial charge on any atom is -0.497 e. The van der Waals surface area contributed by atoms with Gasteiger partial charge in [-0.2, -0.15) is 0 Å². The summed E-state index contributed by atoms with van der Waals surface area (Å²) in [5.41, 5.74) is 0.0338. The molecule has 0 radical (unpaired) electrons. The average Bonchev–Trinajstić information content (AvgIpc) is 3.07. The molecule has 1 aromatic carbocycles. The van der Waals surface area contributed by atoms with Crippen molar-refractivity contribution in [3.8, 4) is 5.75 Å². The van der Waals surface area contributed by atoms with Crippen LogP contribution in [0.2, 0.25) is 0 Å².